The Balaban J connectivity index is 3.93. The Morgan fingerprint density at radius 2 is 1.87 bits per heavy atom. The van der Waals surface area contributed by atoms with E-state index in [9.17, 15) is 4.79 Å². The number of carbonyl (C=O) groups excluding carboxylic acids is 1. The molecule has 0 aromatic carbocycles. The fourth-order valence-corrected chi connectivity index (χ4v) is 1.63. The molecule has 0 unspecified atom stereocenters. The average Bonchev–Trinajstić information content (AvgIpc) is 2.17. The molecule has 0 saturated carbocycles. The maximum atomic E-state index is 11.6. The third-order valence-electron chi connectivity index (χ3n) is 2.93. The number of carbonyl (C=O) groups is 1. The lowest BCUT2D eigenvalue weighted by Gasteiger charge is -2.23. The van der Waals surface area contributed by atoms with E-state index in [0.717, 1.165) is 12.5 Å². The molecule has 0 atom stereocenters. The molecule has 0 bridgehead atoms. The third kappa shape index (κ3) is 5.32. The summed E-state index contributed by atoms with van der Waals surface area (Å²) in [5.41, 5.74) is -0.362. The van der Waals surface area contributed by atoms with Gasteiger partial charge in [0.25, 0.3) is 0 Å². The Morgan fingerprint density at radius 3 is 2.27 bits per heavy atom. The van der Waals surface area contributed by atoms with Crippen molar-refractivity contribution in [1.82, 2.24) is 0 Å². The summed E-state index contributed by atoms with van der Waals surface area (Å²) in [6.07, 6.45) is 0.803. The molecule has 0 aliphatic heterocycles. The van der Waals surface area contributed by atoms with Crippen molar-refractivity contribution < 1.29 is 14.0 Å². The molecular formula is C11H24O3Si. The summed E-state index contributed by atoms with van der Waals surface area (Å²) in [4.78, 5) is 11.6. The molecule has 0 N–H and O–H groups in total. The predicted octanol–water partition coefficient (Wildman–Crippen LogP) is 2.82. The number of hydrogen-bond donors (Lipinski definition) is 0. The van der Waals surface area contributed by atoms with Crippen LogP contribution in [0, 0.1) is 5.41 Å². The van der Waals surface area contributed by atoms with Crippen LogP contribution in [0.5, 0.6) is 0 Å². The van der Waals surface area contributed by atoms with Gasteiger partial charge in [0.1, 0.15) is 0 Å². The third-order valence-corrected chi connectivity index (χ3v) is 5.44. The lowest BCUT2D eigenvalue weighted by molar-refractivity contribution is -0.153. The Labute approximate surface area is 94.3 Å². The first-order valence-corrected chi connectivity index (χ1v) is 8.59. The van der Waals surface area contributed by atoms with E-state index < -0.39 is 8.32 Å². The Morgan fingerprint density at radius 1 is 1.33 bits per heavy atom. The lowest BCUT2D eigenvalue weighted by Crippen LogP contribution is -2.32. The Bertz CT molecular complexity index is 212. The smallest absolute Gasteiger partial charge is 0.311 e. The molecule has 0 rings (SSSR count). The van der Waals surface area contributed by atoms with Crippen LogP contribution < -0.4 is 0 Å². The van der Waals surface area contributed by atoms with E-state index in [2.05, 4.69) is 13.1 Å². The van der Waals surface area contributed by atoms with Crippen LogP contribution in [-0.4, -0.2) is 28.0 Å². The van der Waals surface area contributed by atoms with Gasteiger partial charge in [-0.25, -0.2) is 0 Å². The molecule has 0 radical (unpaired) electrons. The zero-order chi connectivity index (χ0) is 12.1. The summed E-state index contributed by atoms with van der Waals surface area (Å²) in [7, 11) is 0.136. The van der Waals surface area contributed by atoms with Crippen molar-refractivity contribution in [1.29, 1.82) is 0 Å². The van der Waals surface area contributed by atoms with Crippen LogP contribution in [0.1, 0.15) is 27.2 Å². The molecule has 0 amide bonds. The minimum Gasteiger partial charge on any atom is -0.465 e. The molecule has 0 spiro atoms. The maximum absolute atomic E-state index is 11.6. The second-order valence-electron chi connectivity index (χ2n) is 5.09. The van der Waals surface area contributed by atoms with Gasteiger partial charge in [0, 0.05) is 13.2 Å². The molecule has 3 nitrogen and oxygen atoms in total. The highest BCUT2D eigenvalue weighted by molar-refractivity contribution is 6.71. The maximum Gasteiger partial charge on any atom is 0.311 e. The number of esters is 1. The first-order chi connectivity index (χ1) is 6.75. The molecule has 0 fully saturated rings. The van der Waals surface area contributed by atoms with Gasteiger partial charge in [-0.3, -0.25) is 4.79 Å². The van der Waals surface area contributed by atoms with Crippen molar-refractivity contribution in [2.24, 2.45) is 5.41 Å². The van der Waals surface area contributed by atoms with Gasteiger partial charge in [0.05, 0.1) is 12.0 Å². The Hall–Kier alpha value is -0.353. The molecule has 0 aliphatic rings. The van der Waals surface area contributed by atoms with E-state index in [1.54, 1.807) is 7.11 Å². The summed E-state index contributed by atoms with van der Waals surface area (Å²) >= 11 is 0. The van der Waals surface area contributed by atoms with E-state index in [-0.39, 0.29) is 11.4 Å². The zero-order valence-corrected chi connectivity index (χ0v) is 11.8. The second kappa shape index (κ2) is 5.65. The summed E-state index contributed by atoms with van der Waals surface area (Å²) < 4.78 is 10.6. The van der Waals surface area contributed by atoms with E-state index in [1.165, 1.54) is 0 Å². The normalized spacial score (nSPS) is 12.7. The summed E-state index contributed by atoms with van der Waals surface area (Å²) in [6, 6.07) is 0.856. The van der Waals surface area contributed by atoms with E-state index in [0.29, 0.717) is 6.61 Å². The van der Waals surface area contributed by atoms with Crippen molar-refractivity contribution in [2.45, 2.75) is 46.3 Å². The molecule has 0 heterocycles. The summed E-state index contributed by atoms with van der Waals surface area (Å²) in [5.74, 6) is -0.106. The fourth-order valence-electron chi connectivity index (χ4n) is 0.831. The summed E-state index contributed by atoms with van der Waals surface area (Å²) in [6.45, 7) is 10.5. The van der Waals surface area contributed by atoms with Crippen LogP contribution in [0.4, 0.5) is 0 Å². The fraction of sp³-hybridized carbons (Fsp3) is 0.909. The van der Waals surface area contributed by atoms with Crippen LogP contribution in [-0.2, 0) is 14.0 Å². The summed E-state index contributed by atoms with van der Waals surface area (Å²) in [5, 5.41) is 0. The average molecular weight is 232 g/mol. The molecule has 0 aliphatic carbocycles. The van der Waals surface area contributed by atoms with E-state index in [4.69, 9.17) is 9.16 Å². The minimum atomic E-state index is -1.59. The van der Waals surface area contributed by atoms with Crippen molar-refractivity contribution in [2.75, 3.05) is 13.7 Å². The topological polar surface area (TPSA) is 35.5 Å². The zero-order valence-electron chi connectivity index (χ0n) is 10.8. The number of ether oxygens (including phenoxy) is 1. The number of hydrogen-bond acceptors (Lipinski definition) is 3. The number of rotatable bonds is 6. The first kappa shape index (κ1) is 14.6. The highest BCUT2D eigenvalue weighted by Crippen LogP contribution is 2.22. The molecule has 0 aromatic heterocycles. The van der Waals surface area contributed by atoms with Crippen molar-refractivity contribution in [3.8, 4) is 0 Å². The van der Waals surface area contributed by atoms with Crippen LogP contribution in [0.2, 0.25) is 19.1 Å². The van der Waals surface area contributed by atoms with Crippen LogP contribution >= 0.6 is 0 Å². The van der Waals surface area contributed by atoms with Crippen LogP contribution in [0.15, 0.2) is 0 Å². The quantitative estimate of drug-likeness (QED) is 0.522. The van der Waals surface area contributed by atoms with Crippen molar-refractivity contribution in [3.63, 3.8) is 0 Å². The molecule has 0 saturated heterocycles. The van der Waals surface area contributed by atoms with Gasteiger partial charge in [0.15, 0.2) is 8.32 Å². The molecule has 4 heteroatoms. The molecular weight excluding hydrogens is 208 g/mol. The van der Waals surface area contributed by atoms with Gasteiger partial charge in [-0.2, -0.15) is 0 Å². The SMILES string of the molecule is CCC(C)(C)C(=O)OCC[Si](C)(C)OC. The predicted molar refractivity (Wildman–Crippen MR) is 64.3 cm³/mol. The first-order valence-electron chi connectivity index (χ1n) is 5.47. The standard InChI is InChI=1S/C11H24O3Si/c1-7-11(2,3)10(12)14-8-9-15(5,6)13-4/h7-9H2,1-6H3. The van der Waals surface area contributed by atoms with E-state index in [1.807, 2.05) is 20.8 Å². The molecule has 90 valence electrons. The van der Waals surface area contributed by atoms with Crippen LogP contribution in [0.25, 0.3) is 0 Å². The monoisotopic (exact) mass is 232 g/mol. The highest BCUT2D eigenvalue weighted by Gasteiger charge is 2.28. The minimum absolute atomic E-state index is 0.106. The lowest BCUT2D eigenvalue weighted by atomic mass is 9.91. The molecule has 15 heavy (non-hydrogen) atoms. The van der Waals surface area contributed by atoms with Gasteiger partial charge in [-0.05, 0) is 33.4 Å². The van der Waals surface area contributed by atoms with Gasteiger partial charge >= 0.3 is 5.97 Å². The second-order valence-corrected chi connectivity index (χ2v) is 9.51. The van der Waals surface area contributed by atoms with Gasteiger partial charge < -0.3 is 9.16 Å². The van der Waals surface area contributed by atoms with Crippen molar-refractivity contribution >= 4 is 14.3 Å². The molecule has 0 aromatic rings. The largest absolute Gasteiger partial charge is 0.465 e. The highest BCUT2D eigenvalue weighted by atomic mass is 28.4. The van der Waals surface area contributed by atoms with Crippen LogP contribution in [0.3, 0.4) is 0 Å². The van der Waals surface area contributed by atoms with Gasteiger partial charge in [-0.15, -0.1) is 0 Å². The van der Waals surface area contributed by atoms with Gasteiger partial charge in [-0.1, -0.05) is 6.92 Å². The Kier molecular flexibility index (Phi) is 5.52. The van der Waals surface area contributed by atoms with Gasteiger partial charge in [0.2, 0.25) is 0 Å². The van der Waals surface area contributed by atoms with E-state index >= 15 is 0 Å². The van der Waals surface area contributed by atoms with Crippen molar-refractivity contribution in [3.05, 3.63) is 0 Å².